The summed E-state index contributed by atoms with van der Waals surface area (Å²) in [6.07, 6.45) is 1.52. The van der Waals surface area contributed by atoms with Crippen LogP contribution in [0.2, 0.25) is 0 Å². The minimum absolute atomic E-state index is 0.255. The molecule has 1 aromatic rings. The fourth-order valence-corrected chi connectivity index (χ4v) is 0.867. The normalized spacial score (nSPS) is 10.9. The van der Waals surface area contributed by atoms with Gasteiger partial charge in [0, 0.05) is 6.07 Å². The van der Waals surface area contributed by atoms with Crippen LogP contribution in [0.15, 0.2) is 18.3 Å². The zero-order chi connectivity index (χ0) is 11.5. The topological polar surface area (TPSA) is 77.2 Å². The van der Waals surface area contributed by atoms with Crippen LogP contribution in [0.25, 0.3) is 0 Å². The van der Waals surface area contributed by atoms with E-state index in [4.69, 9.17) is 10.5 Å². The molecule has 1 heterocycles. The summed E-state index contributed by atoms with van der Waals surface area (Å²) >= 11 is 0. The summed E-state index contributed by atoms with van der Waals surface area (Å²) in [4.78, 5) is 15.4. The maximum Gasteiger partial charge on any atom is 0.243 e. The number of nitrogens with two attached hydrogens (primary N) is 1. The molecule has 0 atom stereocenters. The van der Waals surface area contributed by atoms with Crippen molar-refractivity contribution in [2.45, 2.75) is 19.4 Å². The average Bonchev–Trinajstić information content (AvgIpc) is 2.17. The summed E-state index contributed by atoms with van der Waals surface area (Å²) < 4.78 is 4.89. The molecule has 1 amide bonds. The molecule has 0 saturated heterocycles. The molecule has 0 aliphatic rings. The van der Waals surface area contributed by atoms with Crippen LogP contribution in [0.5, 0.6) is 5.88 Å². The van der Waals surface area contributed by atoms with Crippen molar-refractivity contribution in [3.63, 3.8) is 0 Å². The van der Waals surface area contributed by atoms with Crippen molar-refractivity contribution in [3.05, 3.63) is 18.3 Å². The number of anilines is 1. The third-order valence-electron chi connectivity index (χ3n) is 1.79. The highest BCUT2D eigenvalue weighted by molar-refractivity contribution is 5.97. The molecule has 82 valence electrons. The lowest BCUT2D eigenvalue weighted by Crippen LogP contribution is -2.45. The number of nitrogens with one attached hydrogen (secondary N) is 1. The largest absolute Gasteiger partial charge is 0.481 e. The lowest BCUT2D eigenvalue weighted by atomic mass is 10.1. The Balaban J connectivity index is 2.70. The highest BCUT2D eigenvalue weighted by Gasteiger charge is 2.21. The van der Waals surface area contributed by atoms with Crippen LogP contribution in [0.4, 0.5) is 5.69 Å². The standard InChI is InChI=1S/C10H15N3O2/c1-10(2,11)9(14)13-7-4-5-8(15-3)12-6-7/h4-6H,11H2,1-3H3,(H,13,14). The number of aromatic nitrogens is 1. The lowest BCUT2D eigenvalue weighted by molar-refractivity contribution is -0.120. The number of amides is 1. The van der Waals surface area contributed by atoms with Crippen LogP contribution in [0, 0.1) is 0 Å². The fourth-order valence-electron chi connectivity index (χ4n) is 0.867. The maximum absolute atomic E-state index is 11.5. The fraction of sp³-hybridized carbons (Fsp3) is 0.400. The zero-order valence-electron chi connectivity index (χ0n) is 9.07. The SMILES string of the molecule is COc1ccc(NC(=O)C(C)(C)N)cn1. The van der Waals surface area contributed by atoms with Crippen LogP contribution < -0.4 is 15.8 Å². The van der Waals surface area contributed by atoms with Gasteiger partial charge in [-0.25, -0.2) is 4.98 Å². The van der Waals surface area contributed by atoms with Crippen LogP contribution in [-0.2, 0) is 4.79 Å². The van der Waals surface area contributed by atoms with Crippen molar-refractivity contribution in [1.82, 2.24) is 4.98 Å². The second-order valence-electron chi connectivity index (χ2n) is 3.77. The molecule has 0 bridgehead atoms. The predicted molar refractivity (Wildman–Crippen MR) is 57.7 cm³/mol. The van der Waals surface area contributed by atoms with E-state index in [0.717, 1.165) is 0 Å². The summed E-state index contributed by atoms with van der Waals surface area (Å²) in [5.41, 5.74) is 5.32. The molecule has 3 N–H and O–H groups in total. The Labute approximate surface area is 88.6 Å². The number of hydrogen-bond acceptors (Lipinski definition) is 4. The molecule has 1 rings (SSSR count). The average molecular weight is 209 g/mol. The Kier molecular flexibility index (Phi) is 3.26. The molecule has 0 saturated carbocycles. The third kappa shape index (κ3) is 3.21. The Hall–Kier alpha value is -1.62. The summed E-state index contributed by atoms with van der Waals surface area (Å²) in [6.45, 7) is 3.28. The molecule has 0 spiro atoms. The second kappa shape index (κ2) is 4.27. The number of rotatable bonds is 3. The van der Waals surface area contributed by atoms with Gasteiger partial charge in [-0.15, -0.1) is 0 Å². The van der Waals surface area contributed by atoms with E-state index >= 15 is 0 Å². The number of hydrogen-bond donors (Lipinski definition) is 2. The molecule has 0 unspecified atom stereocenters. The van der Waals surface area contributed by atoms with E-state index in [1.165, 1.54) is 13.3 Å². The predicted octanol–water partition coefficient (Wildman–Crippen LogP) is 0.766. The first-order valence-corrected chi connectivity index (χ1v) is 4.54. The summed E-state index contributed by atoms with van der Waals surface area (Å²) in [5, 5.41) is 2.65. The second-order valence-corrected chi connectivity index (χ2v) is 3.77. The molecule has 0 aromatic carbocycles. The van der Waals surface area contributed by atoms with Gasteiger partial charge in [-0.1, -0.05) is 0 Å². The van der Waals surface area contributed by atoms with Gasteiger partial charge in [0.1, 0.15) is 0 Å². The Morgan fingerprint density at radius 1 is 1.53 bits per heavy atom. The molecular formula is C10H15N3O2. The number of pyridine rings is 1. The Morgan fingerprint density at radius 2 is 2.20 bits per heavy atom. The molecule has 0 radical (unpaired) electrons. The summed E-state index contributed by atoms with van der Waals surface area (Å²) in [7, 11) is 1.53. The van der Waals surface area contributed by atoms with E-state index < -0.39 is 5.54 Å². The van der Waals surface area contributed by atoms with Gasteiger partial charge in [0.15, 0.2) is 0 Å². The van der Waals surface area contributed by atoms with Gasteiger partial charge in [-0.05, 0) is 19.9 Å². The zero-order valence-corrected chi connectivity index (χ0v) is 9.07. The lowest BCUT2D eigenvalue weighted by Gasteiger charge is -2.17. The van der Waals surface area contributed by atoms with Gasteiger partial charge >= 0.3 is 0 Å². The van der Waals surface area contributed by atoms with E-state index in [2.05, 4.69) is 10.3 Å². The highest BCUT2D eigenvalue weighted by atomic mass is 16.5. The molecule has 5 heteroatoms. The van der Waals surface area contributed by atoms with Crippen LogP contribution in [0.3, 0.4) is 0 Å². The van der Waals surface area contributed by atoms with Crippen LogP contribution in [0.1, 0.15) is 13.8 Å². The maximum atomic E-state index is 11.5. The van der Waals surface area contributed by atoms with Crippen molar-refractivity contribution in [1.29, 1.82) is 0 Å². The van der Waals surface area contributed by atoms with Gasteiger partial charge in [0.05, 0.1) is 24.5 Å². The molecule has 5 nitrogen and oxygen atoms in total. The van der Waals surface area contributed by atoms with E-state index in [0.29, 0.717) is 11.6 Å². The summed E-state index contributed by atoms with van der Waals surface area (Å²) in [6, 6.07) is 3.37. The van der Waals surface area contributed by atoms with Crippen molar-refractivity contribution in [2.75, 3.05) is 12.4 Å². The van der Waals surface area contributed by atoms with Crippen molar-refractivity contribution in [2.24, 2.45) is 5.73 Å². The minimum Gasteiger partial charge on any atom is -0.481 e. The smallest absolute Gasteiger partial charge is 0.243 e. The van der Waals surface area contributed by atoms with E-state index in [1.807, 2.05) is 0 Å². The molecule has 1 aromatic heterocycles. The number of carbonyl (C=O) groups excluding carboxylic acids is 1. The number of nitrogens with zero attached hydrogens (tertiary/aromatic N) is 1. The van der Waals surface area contributed by atoms with Crippen LogP contribution >= 0.6 is 0 Å². The molecule has 15 heavy (non-hydrogen) atoms. The van der Waals surface area contributed by atoms with Gasteiger partial charge in [0.25, 0.3) is 0 Å². The monoisotopic (exact) mass is 209 g/mol. The Morgan fingerprint density at radius 3 is 2.60 bits per heavy atom. The quantitative estimate of drug-likeness (QED) is 0.770. The minimum atomic E-state index is -0.903. The highest BCUT2D eigenvalue weighted by Crippen LogP contribution is 2.12. The van der Waals surface area contributed by atoms with E-state index in [9.17, 15) is 4.79 Å². The first kappa shape index (κ1) is 11.5. The van der Waals surface area contributed by atoms with Gasteiger partial charge < -0.3 is 15.8 Å². The molecule has 0 aliphatic carbocycles. The van der Waals surface area contributed by atoms with Crippen molar-refractivity contribution >= 4 is 11.6 Å². The van der Waals surface area contributed by atoms with Gasteiger partial charge in [-0.3, -0.25) is 4.79 Å². The third-order valence-corrected chi connectivity index (χ3v) is 1.79. The number of methoxy groups -OCH3 is 1. The number of carbonyl (C=O) groups is 1. The van der Waals surface area contributed by atoms with Crippen molar-refractivity contribution < 1.29 is 9.53 Å². The van der Waals surface area contributed by atoms with E-state index in [1.54, 1.807) is 26.0 Å². The molecular weight excluding hydrogens is 194 g/mol. The Bertz CT molecular complexity index is 341. The first-order chi connectivity index (χ1) is 6.93. The van der Waals surface area contributed by atoms with Gasteiger partial charge in [-0.2, -0.15) is 0 Å². The summed E-state index contributed by atoms with van der Waals surface area (Å²) in [5.74, 6) is 0.245. The van der Waals surface area contributed by atoms with Crippen molar-refractivity contribution in [3.8, 4) is 5.88 Å². The molecule has 0 fully saturated rings. The van der Waals surface area contributed by atoms with Crippen LogP contribution in [-0.4, -0.2) is 23.5 Å². The van der Waals surface area contributed by atoms with E-state index in [-0.39, 0.29) is 5.91 Å². The number of ether oxygens (including phenoxy) is 1. The van der Waals surface area contributed by atoms with Gasteiger partial charge in [0.2, 0.25) is 11.8 Å². The first-order valence-electron chi connectivity index (χ1n) is 4.54. The molecule has 0 aliphatic heterocycles.